The van der Waals surface area contributed by atoms with Gasteiger partial charge < -0.3 is 14.8 Å². The number of carbonyl (C=O) groups excluding carboxylic acids is 1. The van der Waals surface area contributed by atoms with Gasteiger partial charge in [0.2, 0.25) is 0 Å². The van der Waals surface area contributed by atoms with Crippen LogP contribution in [0.5, 0.6) is 5.75 Å². The first-order valence-electron chi connectivity index (χ1n) is 8.75. The highest BCUT2D eigenvalue weighted by Gasteiger charge is 2.25. The first-order valence-corrected chi connectivity index (χ1v) is 8.75. The molecule has 1 aromatic heterocycles. The number of hydrogen-bond donors (Lipinski definition) is 1. The molecule has 6 heteroatoms. The Morgan fingerprint density at radius 3 is 2.70 bits per heavy atom. The maximum absolute atomic E-state index is 12.1. The third-order valence-electron chi connectivity index (χ3n) is 4.53. The van der Waals surface area contributed by atoms with Crippen molar-refractivity contribution in [2.24, 2.45) is 0 Å². The quantitative estimate of drug-likeness (QED) is 0.542. The van der Waals surface area contributed by atoms with Gasteiger partial charge in [-0.05, 0) is 54.4 Å². The van der Waals surface area contributed by atoms with Crippen LogP contribution >= 0.6 is 0 Å². The van der Waals surface area contributed by atoms with Gasteiger partial charge in [0.1, 0.15) is 17.9 Å². The first-order chi connectivity index (χ1) is 13.2. The molecule has 1 N–H and O–H groups in total. The zero-order chi connectivity index (χ0) is 18.8. The van der Waals surface area contributed by atoms with Crippen LogP contribution in [0.3, 0.4) is 0 Å². The minimum Gasteiger partial charge on any atom is -0.497 e. The van der Waals surface area contributed by atoms with Crippen molar-refractivity contribution in [3.05, 3.63) is 65.6 Å². The number of fused-ring (bicyclic) bond motifs is 3. The maximum atomic E-state index is 12.1. The van der Waals surface area contributed by atoms with Gasteiger partial charge in [-0.15, -0.1) is 0 Å². The Kier molecular flexibility index (Phi) is 4.46. The van der Waals surface area contributed by atoms with E-state index in [1.807, 2.05) is 36.4 Å². The SMILES string of the molecule is CCOC(=O)c1ccc2c(c1)-c1c(ncnc1Nc1ccc(OC)cc1)C2. The van der Waals surface area contributed by atoms with Crippen molar-refractivity contribution in [1.82, 2.24) is 9.97 Å². The molecule has 0 bridgehead atoms. The van der Waals surface area contributed by atoms with Crippen molar-refractivity contribution < 1.29 is 14.3 Å². The number of esters is 1. The van der Waals surface area contributed by atoms with Crippen LogP contribution < -0.4 is 10.1 Å². The first kappa shape index (κ1) is 17.0. The lowest BCUT2D eigenvalue weighted by atomic mass is 10.0. The van der Waals surface area contributed by atoms with Crippen molar-refractivity contribution in [1.29, 1.82) is 0 Å². The standard InChI is InChI=1S/C21H19N3O3/c1-3-27-21(25)14-5-4-13-11-18-19(17(13)10-14)20(23-12-22-18)24-15-6-8-16(26-2)9-7-15/h4-10,12H,3,11H2,1-2H3,(H,22,23,24). The molecule has 1 aliphatic carbocycles. The van der Waals surface area contributed by atoms with Crippen LogP contribution in [0.4, 0.5) is 11.5 Å². The lowest BCUT2D eigenvalue weighted by molar-refractivity contribution is 0.0526. The molecule has 1 aliphatic rings. The summed E-state index contributed by atoms with van der Waals surface area (Å²) in [5, 5.41) is 3.35. The number of aromatic nitrogens is 2. The Hall–Kier alpha value is -3.41. The van der Waals surface area contributed by atoms with E-state index < -0.39 is 0 Å². The molecule has 0 atom stereocenters. The molecule has 0 saturated carbocycles. The normalized spacial score (nSPS) is 11.5. The number of rotatable bonds is 5. The molecule has 0 radical (unpaired) electrons. The predicted octanol–water partition coefficient (Wildman–Crippen LogP) is 3.98. The second-order valence-electron chi connectivity index (χ2n) is 6.17. The summed E-state index contributed by atoms with van der Waals surface area (Å²) in [5.74, 6) is 1.18. The summed E-state index contributed by atoms with van der Waals surface area (Å²) in [5.41, 5.74) is 5.38. The van der Waals surface area contributed by atoms with Crippen LogP contribution in [0, 0.1) is 0 Å². The molecule has 27 heavy (non-hydrogen) atoms. The smallest absolute Gasteiger partial charge is 0.338 e. The highest BCUT2D eigenvalue weighted by Crippen LogP contribution is 2.40. The predicted molar refractivity (Wildman–Crippen MR) is 103 cm³/mol. The minimum absolute atomic E-state index is 0.324. The van der Waals surface area contributed by atoms with E-state index >= 15 is 0 Å². The topological polar surface area (TPSA) is 73.3 Å². The molecule has 0 saturated heterocycles. The summed E-state index contributed by atoms with van der Waals surface area (Å²) in [6.07, 6.45) is 2.27. The number of benzene rings is 2. The van der Waals surface area contributed by atoms with Crippen LogP contribution in [0.15, 0.2) is 48.8 Å². The molecule has 6 nitrogen and oxygen atoms in total. The monoisotopic (exact) mass is 361 g/mol. The number of nitrogens with zero attached hydrogens (tertiary/aromatic N) is 2. The summed E-state index contributed by atoms with van der Waals surface area (Å²) < 4.78 is 10.3. The Labute approximate surface area is 157 Å². The molecule has 136 valence electrons. The Balaban J connectivity index is 1.72. The van der Waals surface area contributed by atoms with Gasteiger partial charge in [-0.2, -0.15) is 0 Å². The van der Waals surface area contributed by atoms with Gasteiger partial charge >= 0.3 is 5.97 Å². The molecular formula is C21H19N3O3. The van der Waals surface area contributed by atoms with E-state index in [1.54, 1.807) is 26.4 Å². The number of ether oxygens (including phenoxy) is 2. The van der Waals surface area contributed by atoms with Crippen molar-refractivity contribution in [2.45, 2.75) is 13.3 Å². The van der Waals surface area contributed by atoms with Gasteiger partial charge in [0.25, 0.3) is 0 Å². The van der Waals surface area contributed by atoms with Crippen molar-refractivity contribution in [2.75, 3.05) is 19.0 Å². The number of carbonyl (C=O) groups is 1. The van der Waals surface area contributed by atoms with Crippen molar-refractivity contribution in [3.8, 4) is 16.9 Å². The summed E-state index contributed by atoms with van der Waals surface area (Å²) in [4.78, 5) is 21.0. The number of methoxy groups -OCH3 is 1. The fraction of sp³-hybridized carbons (Fsp3) is 0.190. The molecule has 0 fully saturated rings. The summed E-state index contributed by atoms with van der Waals surface area (Å²) in [6, 6.07) is 13.2. The van der Waals surface area contributed by atoms with Crippen molar-refractivity contribution in [3.63, 3.8) is 0 Å². The lowest BCUT2D eigenvalue weighted by Gasteiger charge is -2.11. The molecule has 2 aromatic carbocycles. The fourth-order valence-electron chi connectivity index (χ4n) is 3.23. The summed E-state index contributed by atoms with van der Waals surface area (Å²) in [6.45, 7) is 2.14. The highest BCUT2D eigenvalue weighted by atomic mass is 16.5. The van der Waals surface area contributed by atoms with Gasteiger partial charge in [-0.3, -0.25) is 0 Å². The van der Waals surface area contributed by atoms with Crippen LogP contribution in [0.25, 0.3) is 11.1 Å². The Morgan fingerprint density at radius 2 is 1.96 bits per heavy atom. The van der Waals surface area contributed by atoms with E-state index in [9.17, 15) is 4.79 Å². The third-order valence-corrected chi connectivity index (χ3v) is 4.53. The van der Waals surface area contributed by atoms with E-state index in [2.05, 4.69) is 15.3 Å². The van der Waals surface area contributed by atoms with E-state index in [-0.39, 0.29) is 5.97 Å². The van der Waals surface area contributed by atoms with Gasteiger partial charge in [0.15, 0.2) is 0 Å². The van der Waals surface area contributed by atoms with E-state index in [4.69, 9.17) is 9.47 Å². The second-order valence-corrected chi connectivity index (χ2v) is 6.17. The number of anilines is 2. The summed E-state index contributed by atoms with van der Waals surface area (Å²) >= 11 is 0. The largest absolute Gasteiger partial charge is 0.497 e. The van der Waals surface area contributed by atoms with Gasteiger partial charge in [0.05, 0.1) is 25.0 Å². The zero-order valence-corrected chi connectivity index (χ0v) is 15.2. The van der Waals surface area contributed by atoms with Gasteiger partial charge in [-0.25, -0.2) is 14.8 Å². The molecule has 1 heterocycles. The Bertz CT molecular complexity index is 1000. The number of nitrogens with one attached hydrogen (secondary N) is 1. The van der Waals surface area contributed by atoms with Crippen LogP contribution in [0.1, 0.15) is 28.5 Å². The molecule has 0 aliphatic heterocycles. The fourth-order valence-corrected chi connectivity index (χ4v) is 3.23. The second kappa shape index (κ2) is 7.07. The molecule has 3 aromatic rings. The van der Waals surface area contributed by atoms with E-state index in [1.165, 1.54) is 0 Å². The maximum Gasteiger partial charge on any atom is 0.338 e. The number of hydrogen-bond acceptors (Lipinski definition) is 6. The molecule has 4 rings (SSSR count). The van der Waals surface area contributed by atoms with E-state index in [0.717, 1.165) is 33.8 Å². The summed E-state index contributed by atoms with van der Waals surface area (Å²) in [7, 11) is 1.64. The molecule has 0 amide bonds. The lowest BCUT2D eigenvalue weighted by Crippen LogP contribution is -2.05. The van der Waals surface area contributed by atoms with E-state index in [0.29, 0.717) is 24.4 Å². The average molecular weight is 361 g/mol. The molecule has 0 spiro atoms. The van der Waals surface area contributed by atoms with Crippen LogP contribution in [0.2, 0.25) is 0 Å². The van der Waals surface area contributed by atoms with Crippen molar-refractivity contribution >= 4 is 17.5 Å². The Morgan fingerprint density at radius 1 is 1.15 bits per heavy atom. The third kappa shape index (κ3) is 3.21. The van der Waals surface area contributed by atoms with Gasteiger partial charge in [-0.1, -0.05) is 6.07 Å². The van der Waals surface area contributed by atoms with Crippen LogP contribution in [-0.2, 0) is 11.2 Å². The minimum atomic E-state index is -0.324. The van der Waals surface area contributed by atoms with Crippen LogP contribution in [-0.4, -0.2) is 29.7 Å². The molecular weight excluding hydrogens is 342 g/mol. The zero-order valence-electron chi connectivity index (χ0n) is 15.2. The average Bonchev–Trinajstić information content (AvgIpc) is 3.07. The van der Waals surface area contributed by atoms with Gasteiger partial charge in [0, 0.05) is 17.7 Å². The highest BCUT2D eigenvalue weighted by molar-refractivity contribution is 5.94. The molecule has 0 unspecified atom stereocenters.